The van der Waals surface area contributed by atoms with Gasteiger partial charge in [-0.3, -0.25) is 9.59 Å². The van der Waals surface area contributed by atoms with E-state index in [0.29, 0.717) is 29.9 Å². The predicted octanol–water partition coefficient (Wildman–Crippen LogP) is 2.06. The number of nitrogens with zero attached hydrogens (tertiary/aromatic N) is 3. The lowest BCUT2D eigenvalue weighted by Crippen LogP contribution is -2.40. The number of hydrogen-bond donors (Lipinski definition) is 2. The third kappa shape index (κ3) is 4.56. The van der Waals surface area contributed by atoms with Gasteiger partial charge in [0.1, 0.15) is 5.82 Å². The van der Waals surface area contributed by atoms with Crippen LogP contribution in [0.15, 0.2) is 40.0 Å². The molecule has 3 heterocycles. The van der Waals surface area contributed by atoms with Crippen LogP contribution in [0.1, 0.15) is 36.8 Å². The summed E-state index contributed by atoms with van der Waals surface area (Å²) in [6.07, 6.45) is 0. The number of aromatic nitrogens is 3. The van der Waals surface area contributed by atoms with Crippen molar-refractivity contribution in [1.29, 1.82) is 0 Å². The molecule has 2 N–H and O–H groups in total. The van der Waals surface area contributed by atoms with E-state index >= 15 is 0 Å². The average molecular weight is 474 g/mol. The Morgan fingerprint density at radius 3 is 2.52 bits per heavy atom. The molecule has 3 aromatic rings. The van der Waals surface area contributed by atoms with Crippen molar-refractivity contribution in [1.82, 2.24) is 19.1 Å². The van der Waals surface area contributed by atoms with Gasteiger partial charge in [-0.2, -0.15) is 9.40 Å². The molecule has 1 amide bonds. The van der Waals surface area contributed by atoms with Gasteiger partial charge in [-0.1, -0.05) is 0 Å². The molecule has 0 bridgehead atoms. The maximum Gasteiger partial charge on any atom is 0.257 e. The van der Waals surface area contributed by atoms with Gasteiger partial charge in [0.15, 0.2) is 0 Å². The van der Waals surface area contributed by atoms with Gasteiger partial charge in [0.25, 0.3) is 5.91 Å². The van der Waals surface area contributed by atoms with Crippen LogP contribution in [-0.2, 0) is 20.3 Å². The number of anilines is 1. The second-order valence-corrected chi connectivity index (χ2v) is 10.9. The molecule has 0 aliphatic carbocycles. The molecule has 0 atom stereocenters. The van der Waals surface area contributed by atoms with Gasteiger partial charge in [0, 0.05) is 36.1 Å². The van der Waals surface area contributed by atoms with Crippen LogP contribution in [0.25, 0.3) is 10.9 Å². The molecule has 4 rings (SSSR count). The zero-order chi connectivity index (χ0) is 24.0. The number of pyridine rings is 1. The normalized spacial score (nSPS) is 15.6. The van der Waals surface area contributed by atoms with Crippen LogP contribution in [0.3, 0.4) is 0 Å². The van der Waals surface area contributed by atoms with Gasteiger partial charge >= 0.3 is 0 Å². The van der Waals surface area contributed by atoms with Crippen LogP contribution in [0, 0.1) is 6.92 Å². The van der Waals surface area contributed by atoms with Gasteiger partial charge < -0.3 is 15.0 Å². The predicted molar refractivity (Wildman–Crippen MR) is 124 cm³/mol. The molecule has 11 heteroatoms. The van der Waals surface area contributed by atoms with E-state index in [4.69, 9.17) is 4.74 Å². The third-order valence-electron chi connectivity index (χ3n) is 5.38. The van der Waals surface area contributed by atoms with Crippen LogP contribution in [0.5, 0.6) is 0 Å². The smallest absolute Gasteiger partial charge is 0.257 e. The van der Waals surface area contributed by atoms with Crippen molar-refractivity contribution in [3.05, 3.63) is 51.9 Å². The summed E-state index contributed by atoms with van der Waals surface area (Å²) in [4.78, 5) is 28.2. The molecule has 10 nitrogen and oxygen atoms in total. The molecule has 1 aromatic carbocycles. The summed E-state index contributed by atoms with van der Waals surface area (Å²) in [5.74, 6) is -0.0482. The summed E-state index contributed by atoms with van der Waals surface area (Å²) >= 11 is 0. The summed E-state index contributed by atoms with van der Waals surface area (Å²) in [5.41, 5.74) is 0.333. The summed E-state index contributed by atoms with van der Waals surface area (Å²) in [6, 6.07) is 7.28. The standard InChI is InChI=1S/C22H27N5O5S/c1-14-11-19(27(25-14)22(2,3)4)24-21(29)17-13-20(28)23-18-6-5-15(12-16(17)18)33(30,31)26-7-9-32-10-8-26/h5-6,11-13H,7-10H2,1-4H3,(H,23,28)(H,24,29). The van der Waals surface area contributed by atoms with Crippen LogP contribution < -0.4 is 10.9 Å². The van der Waals surface area contributed by atoms with E-state index in [2.05, 4.69) is 15.4 Å². The first-order valence-corrected chi connectivity index (χ1v) is 12.0. The SMILES string of the molecule is Cc1cc(NC(=O)c2cc(=O)[nH]c3ccc(S(=O)(=O)N4CCOCC4)cc23)n(C(C)(C)C)n1. The summed E-state index contributed by atoms with van der Waals surface area (Å²) < 4.78 is 34.5. The molecule has 1 aliphatic heterocycles. The Labute approximate surface area is 191 Å². The number of aromatic amines is 1. The maximum atomic E-state index is 13.2. The van der Waals surface area contributed by atoms with Crippen molar-refractivity contribution >= 4 is 32.7 Å². The fraction of sp³-hybridized carbons (Fsp3) is 0.409. The lowest BCUT2D eigenvalue weighted by atomic mass is 10.1. The number of carbonyl (C=O) groups excluding carboxylic acids is 1. The van der Waals surface area contributed by atoms with Gasteiger partial charge in [-0.05, 0) is 45.9 Å². The second-order valence-electron chi connectivity index (χ2n) is 8.98. The number of amides is 1. The number of nitrogens with one attached hydrogen (secondary N) is 2. The topological polar surface area (TPSA) is 126 Å². The van der Waals surface area contributed by atoms with E-state index in [1.165, 1.54) is 28.6 Å². The number of rotatable bonds is 4. The van der Waals surface area contributed by atoms with Crippen molar-refractivity contribution < 1.29 is 17.9 Å². The number of aryl methyl sites for hydroxylation is 1. The first-order chi connectivity index (χ1) is 15.5. The lowest BCUT2D eigenvalue weighted by Gasteiger charge is -2.26. The molecular weight excluding hydrogens is 446 g/mol. The number of ether oxygens (including phenoxy) is 1. The largest absolute Gasteiger partial charge is 0.379 e. The Hall–Kier alpha value is -3.02. The molecule has 0 spiro atoms. The van der Waals surface area contributed by atoms with Crippen molar-refractivity contribution in [3.8, 4) is 0 Å². The Morgan fingerprint density at radius 1 is 1.15 bits per heavy atom. The average Bonchev–Trinajstić information content (AvgIpc) is 3.13. The highest BCUT2D eigenvalue weighted by molar-refractivity contribution is 7.89. The van der Waals surface area contributed by atoms with E-state index in [0.717, 1.165) is 5.69 Å². The van der Waals surface area contributed by atoms with E-state index in [9.17, 15) is 18.0 Å². The Balaban J connectivity index is 1.77. The highest BCUT2D eigenvalue weighted by Crippen LogP contribution is 2.25. The molecule has 0 radical (unpaired) electrons. The maximum absolute atomic E-state index is 13.2. The van der Waals surface area contributed by atoms with Crippen LogP contribution in [-0.4, -0.2) is 59.7 Å². The minimum Gasteiger partial charge on any atom is -0.379 e. The van der Waals surface area contributed by atoms with Crippen LogP contribution >= 0.6 is 0 Å². The number of sulfonamides is 1. The number of fused-ring (bicyclic) bond motifs is 1. The fourth-order valence-corrected chi connectivity index (χ4v) is 5.24. The third-order valence-corrected chi connectivity index (χ3v) is 7.27. The minimum absolute atomic E-state index is 0.0496. The Kier molecular flexibility index (Phi) is 5.89. The number of hydrogen-bond acceptors (Lipinski definition) is 6. The molecule has 0 unspecified atom stereocenters. The van der Waals surface area contributed by atoms with Crippen molar-refractivity contribution in [2.24, 2.45) is 0 Å². The molecule has 2 aromatic heterocycles. The molecule has 1 saturated heterocycles. The van der Waals surface area contributed by atoms with Gasteiger partial charge in [0.2, 0.25) is 15.6 Å². The summed E-state index contributed by atoms with van der Waals surface area (Å²) in [7, 11) is -3.77. The molecule has 1 fully saturated rings. The van der Waals surface area contributed by atoms with Gasteiger partial charge in [-0.15, -0.1) is 0 Å². The van der Waals surface area contributed by atoms with Gasteiger partial charge in [-0.25, -0.2) is 13.1 Å². The number of carbonyl (C=O) groups is 1. The zero-order valence-electron chi connectivity index (χ0n) is 19.0. The Bertz CT molecular complexity index is 1380. The van der Waals surface area contributed by atoms with Crippen LogP contribution in [0.4, 0.5) is 5.82 Å². The van der Waals surface area contributed by atoms with E-state index in [1.807, 2.05) is 27.7 Å². The molecule has 176 valence electrons. The lowest BCUT2D eigenvalue weighted by molar-refractivity contribution is 0.0730. The first-order valence-electron chi connectivity index (χ1n) is 10.6. The van der Waals surface area contributed by atoms with Crippen LogP contribution in [0.2, 0.25) is 0 Å². The number of H-pyrrole nitrogens is 1. The molecule has 1 aliphatic rings. The molecule has 0 saturated carbocycles. The summed E-state index contributed by atoms with van der Waals surface area (Å²) in [6.45, 7) is 8.87. The van der Waals surface area contributed by atoms with Crippen molar-refractivity contribution in [2.45, 2.75) is 38.1 Å². The second kappa shape index (κ2) is 8.40. The number of morpholine rings is 1. The fourth-order valence-electron chi connectivity index (χ4n) is 3.80. The van der Waals surface area contributed by atoms with Crippen molar-refractivity contribution in [3.63, 3.8) is 0 Å². The molecule has 33 heavy (non-hydrogen) atoms. The minimum atomic E-state index is -3.77. The first kappa shape index (κ1) is 23.1. The van der Waals surface area contributed by atoms with Crippen molar-refractivity contribution in [2.75, 3.05) is 31.6 Å². The quantitative estimate of drug-likeness (QED) is 0.597. The van der Waals surface area contributed by atoms with Gasteiger partial charge in [0.05, 0.1) is 34.9 Å². The highest BCUT2D eigenvalue weighted by Gasteiger charge is 2.27. The molecular formula is C22H27N5O5S. The van der Waals surface area contributed by atoms with E-state index in [1.54, 1.807) is 10.7 Å². The monoisotopic (exact) mass is 473 g/mol. The Morgan fingerprint density at radius 2 is 1.85 bits per heavy atom. The number of benzene rings is 1. The van der Waals surface area contributed by atoms with E-state index < -0.39 is 21.5 Å². The highest BCUT2D eigenvalue weighted by atomic mass is 32.2. The van der Waals surface area contributed by atoms with E-state index in [-0.39, 0.29) is 29.1 Å². The zero-order valence-corrected chi connectivity index (χ0v) is 19.8. The summed E-state index contributed by atoms with van der Waals surface area (Å²) in [5, 5.41) is 7.61.